The molecule has 0 unspecified atom stereocenters. The van der Waals surface area contributed by atoms with E-state index < -0.39 is 0 Å². The zero-order chi connectivity index (χ0) is 8.23. The lowest BCUT2D eigenvalue weighted by molar-refractivity contribution is 1.61. The smallest absolute Gasteiger partial charge is 0.0184 e. The summed E-state index contributed by atoms with van der Waals surface area (Å²) in [6, 6.07) is 21.3. The summed E-state index contributed by atoms with van der Waals surface area (Å²) in [7, 11) is 0. The maximum Gasteiger partial charge on any atom is -0.0184 e. The second kappa shape index (κ2) is 4.68. The van der Waals surface area contributed by atoms with Crippen LogP contribution >= 0.6 is 12.4 Å². The van der Waals surface area contributed by atoms with Crippen LogP contribution in [0, 0.1) is 6.07 Å². The first kappa shape index (κ1) is 9.82. The molecule has 2 aromatic carbocycles. The first-order valence-corrected chi connectivity index (χ1v) is 3.98. The first-order valence-electron chi connectivity index (χ1n) is 3.98. The minimum atomic E-state index is 0. The molecular weight excluding hydrogens is 180 g/mol. The van der Waals surface area contributed by atoms with Crippen LogP contribution in [0.2, 0.25) is 0 Å². The van der Waals surface area contributed by atoms with Crippen LogP contribution in [0.5, 0.6) is 0 Å². The molecule has 0 saturated carbocycles. The molecule has 65 valence electrons. The summed E-state index contributed by atoms with van der Waals surface area (Å²) in [5, 5.41) is 0. The van der Waals surface area contributed by atoms with Gasteiger partial charge in [-0.25, -0.2) is 0 Å². The van der Waals surface area contributed by atoms with Crippen molar-refractivity contribution in [2.24, 2.45) is 0 Å². The summed E-state index contributed by atoms with van der Waals surface area (Å²) in [6.07, 6.45) is 0. The number of halogens is 1. The number of benzene rings is 2. The van der Waals surface area contributed by atoms with Gasteiger partial charge in [0, 0.05) is 0 Å². The van der Waals surface area contributed by atoms with Gasteiger partial charge in [-0.2, -0.15) is 0 Å². The molecule has 0 spiro atoms. The van der Waals surface area contributed by atoms with E-state index in [9.17, 15) is 0 Å². The van der Waals surface area contributed by atoms with Crippen LogP contribution in [-0.4, -0.2) is 0 Å². The maximum absolute atomic E-state index is 3.00. The molecule has 1 heteroatoms. The summed E-state index contributed by atoms with van der Waals surface area (Å²) in [5.74, 6) is 0. The topological polar surface area (TPSA) is 0 Å². The third-order valence-corrected chi connectivity index (χ3v) is 1.83. The molecule has 0 saturated heterocycles. The van der Waals surface area contributed by atoms with Crippen molar-refractivity contribution >= 4 is 12.4 Å². The minimum Gasteiger partial charge on any atom is -0.147 e. The fourth-order valence-corrected chi connectivity index (χ4v) is 1.21. The van der Waals surface area contributed by atoms with Gasteiger partial charge >= 0.3 is 0 Å². The van der Waals surface area contributed by atoms with E-state index in [1.807, 2.05) is 30.3 Å². The van der Waals surface area contributed by atoms with E-state index in [0.717, 1.165) is 0 Å². The van der Waals surface area contributed by atoms with Gasteiger partial charge in [0.25, 0.3) is 0 Å². The molecule has 0 aliphatic carbocycles. The molecule has 1 radical (unpaired) electrons. The Bertz CT molecular complexity index is 303. The van der Waals surface area contributed by atoms with Crippen LogP contribution in [0.25, 0.3) is 11.1 Å². The van der Waals surface area contributed by atoms with Gasteiger partial charge in [-0.3, -0.25) is 0 Å². The Hall–Kier alpha value is -1.27. The van der Waals surface area contributed by atoms with E-state index in [2.05, 4.69) is 30.3 Å². The predicted molar refractivity (Wildman–Crippen MR) is 58.0 cm³/mol. The zero-order valence-corrected chi connectivity index (χ0v) is 7.92. The fourth-order valence-electron chi connectivity index (χ4n) is 1.21. The van der Waals surface area contributed by atoms with Gasteiger partial charge in [0.15, 0.2) is 0 Å². The van der Waals surface area contributed by atoms with Gasteiger partial charge < -0.3 is 0 Å². The van der Waals surface area contributed by atoms with Crippen LogP contribution in [0.4, 0.5) is 0 Å². The normalized spacial score (nSPS) is 8.92. The molecule has 0 nitrogen and oxygen atoms in total. The number of hydrogen-bond donors (Lipinski definition) is 0. The molecule has 2 rings (SSSR count). The lowest BCUT2D eigenvalue weighted by Crippen LogP contribution is -1.73. The molecule has 13 heavy (non-hydrogen) atoms. The van der Waals surface area contributed by atoms with Crippen molar-refractivity contribution < 1.29 is 0 Å². The van der Waals surface area contributed by atoms with Crippen molar-refractivity contribution in [3.05, 3.63) is 60.7 Å². The summed E-state index contributed by atoms with van der Waals surface area (Å²) in [5.41, 5.74) is 2.50. The fraction of sp³-hybridized carbons (Fsp3) is 0. The Morgan fingerprint density at radius 2 is 1.23 bits per heavy atom. The molecule has 0 bridgehead atoms. The van der Waals surface area contributed by atoms with E-state index in [1.165, 1.54) is 11.1 Å². The van der Waals surface area contributed by atoms with Gasteiger partial charge in [0.1, 0.15) is 0 Å². The maximum atomic E-state index is 3.00. The predicted octanol–water partition coefficient (Wildman–Crippen LogP) is 3.58. The summed E-state index contributed by atoms with van der Waals surface area (Å²) < 4.78 is 0. The molecule has 0 aliphatic rings. The molecule has 0 aromatic heterocycles. The minimum absolute atomic E-state index is 0. The molecule has 0 atom stereocenters. The van der Waals surface area contributed by atoms with E-state index >= 15 is 0 Å². The van der Waals surface area contributed by atoms with Gasteiger partial charge in [-0.05, 0) is 17.2 Å². The molecule has 0 aliphatic heterocycles. The Balaban J connectivity index is 0.000000845. The zero-order valence-electron chi connectivity index (χ0n) is 7.10. The third kappa shape index (κ3) is 2.33. The second-order valence-corrected chi connectivity index (χ2v) is 2.65. The van der Waals surface area contributed by atoms with Crippen LogP contribution in [0.1, 0.15) is 0 Å². The van der Waals surface area contributed by atoms with Gasteiger partial charge in [-0.1, -0.05) is 54.6 Å². The highest BCUT2D eigenvalue weighted by molar-refractivity contribution is 5.85. The molecule has 2 aromatic rings. The Morgan fingerprint density at radius 3 is 1.85 bits per heavy atom. The van der Waals surface area contributed by atoms with Crippen LogP contribution in [0.15, 0.2) is 54.6 Å². The second-order valence-electron chi connectivity index (χ2n) is 2.65. The van der Waals surface area contributed by atoms with Gasteiger partial charge in [-0.15, -0.1) is 12.4 Å². The first-order chi connectivity index (χ1) is 5.97. The van der Waals surface area contributed by atoms with E-state index in [1.54, 1.807) is 0 Å². The van der Waals surface area contributed by atoms with Crippen molar-refractivity contribution in [3.8, 4) is 11.1 Å². The van der Waals surface area contributed by atoms with Crippen molar-refractivity contribution in [1.82, 2.24) is 0 Å². The molecule has 0 N–H and O–H groups in total. The number of rotatable bonds is 1. The van der Waals surface area contributed by atoms with E-state index in [4.69, 9.17) is 0 Å². The highest BCUT2D eigenvalue weighted by Gasteiger charge is 1.91. The standard InChI is InChI=1S/C12H9.ClH/c1-3-7-11(8-4-1)12-9-5-2-6-10-12;/h1,3-10H;1H. The van der Waals surface area contributed by atoms with Crippen LogP contribution in [-0.2, 0) is 0 Å². The molecule has 0 heterocycles. The van der Waals surface area contributed by atoms with Crippen molar-refractivity contribution in [2.45, 2.75) is 0 Å². The quantitative estimate of drug-likeness (QED) is 0.644. The van der Waals surface area contributed by atoms with Crippen LogP contribution in [0.3, 0.4) is 0 Å². The summed E-state index contributed by atoms with van der Waals surface area (Å²) in [4.78, 5) is 0. The average Bonchev–Trinajstić information content (AvgIpc) is 2.21. The number of hydrogen-bond acceptors (Lipinski definition) is 0. The third-order valence-electron chi connectivity index (χ3n) is 1.83. The largest absolute Gasteiger partial charge is 0.147 e. The van der Waals surface area contributed by atoms with Crippen LogP contribution < -0.4 is 0 Å². The SMILES string of the molecule is Cl.[c]1ccc(-c2ccccc2)cc1. The Labute approximate surface area is 84.6 Å². The summed E-state index contributed by atoms with van der Waals surface area (Å²) in [6.45, 7) is 0. The lowest BCUT2D eigenvalue weighted by Gasteiger charge is -1.98. The molecular formula is C12H10Cl. The van der Waals surface area contributed by atoms with Crippen molar-refractivity contribution in [3.63, 3.8) is 0 Å². The van der Waals surface area contributed by atoms with E-state index in [0.29, 0.717) is 0 Å². The lowest BCUT2D eigenvalue weighted by atomic mass is 10.1. The average molecular weight is 190 g/mol. The highest BCUT2D eigenvalue weighted by Crippen LogP contribution is 2.16. The summed E-state index contributed by atoms with van der Waals surface area (Å²) >= 11 is 0. The van der Waals surface area contributed by atoms with Gasteiger partial charge in [0.2, 0.25) is 0 Å². The Kier molecular flexibility index (Phi) is 3.53. The Morgan fingerprint density at radius 1 is 0.692 bits per heavy atom. The molecule has 0 amide bonds. The van der Waals surface area contributed by atoms with E-state index in [-0.39, 0.29) is 12.4 Å². The van der Waals surface area contributed by atoms with Crippen molar-refractivity contribution in [1.29, 1.82) is 0 Å². The monoisotopic (exact) mass is 189 g/mol. The molecule has 0 fully saturated rings. The highest BCUT2D eigenvalue weighted by atomic mass is 35.5. The van der Waals surface area contributed by atoms with Crippen molar-refractivity contribution in [2.75, 3.05) is 0 Å². The van der Waals surface area contributed by atoms with Gasteiger partial charge in [0.05, 0.1) is 0 Å².